The van der Waals surface area contributed by atoms with Crippen LogP contribution in [0.25, 0.3) is 5.57 Å². The predicted octanol–water partition coefficient (Wildman–Crippen LogP) is 4.77. The lowest BCUT2D eigenvalue weighted by atomic mass is 10.0. The van der Waals surface area contributed by atoms with E-state index in [4.69, 9.17) is 0 Å². The van der Waals surface area contributed by atoms with Gasteiger partial charge in [0.25, 0.3) is 0 Å². The van der Waals surface area contributed by atoms with Crippen LogP contribution >= 0.6 is 0 Å². The van der Waals surface area contributed by atoms with Crippen LogP contribution in [0.5, 0.6) is 5.75 Å². The minimum Gasteiger partial charge on any atom is -0.406 e. The van der Waals surface area contributed by atoms with Crippen molar-refractivity contribution in [2.75, 3.05) is 13.2 Å². The molecular formula is C21H17F4N3O. The van der Waals surface area contributed by atoms with Gasteiger partial charge in [-0.2, -0.15) is 5.10 Å². The second kappa shape index (κ2) is 7.62. The van der Waals surface area contributed by atoms with Gasteiger partial charge in [-0.25, -0.2) is 4.39 Å². The lowest BCUT2D eigenvalue weighted by Crippen LogP contribution is -2.28. The lowest BCUT2D eigenvalue weighted by Gasteiger charge is -2.20. The number of hydrazone groups is 1. The van der Waals surface area contributed by atoms with E-state index in [2.05, 4.69) is 9.84 Å². The molecule has 0 spiro atoms. The molecule has 0 radical (unpaired) electrons. The minimum atomic E-state index is -4.70. The van der Waals surface area contributed by atoms with Crippen LogP contribution in [0.4, 0.5) is 17.6 Å². The molecule has 2 heterocycles. The molecule has 0 saturated heterocycles. The molecule has 8 heteroatoms. The number of benzene rings is 2. The molecule has 0 unspecified atom stereocenters. The summed E-state index contributed by atoms with van der Waals surface area (Å²) in [5.41, 5.74) is 2.67. The zero-order chi connectivity index (χ0) is 20.4. The van der Waals surface area contributed by atoms with E-state index in [0.717, 1.165) is 29.0 Å². The molecule has 4 nitrogen and oxygen atoms in total. The fraction of sp³-hybridized carbons (Fsp3) is 0.190. The minimum absolute atomic E-state index is 0.253. The fourth-order valence-electron chi connectivity index (χ4n) is 3.14. The average Bonchev–Trinajstić information content (AvgIpc) is 3.09. The van der Waals surface area contributed by atoms with Crippen molar-refractivity contribution >= 4 is 11.4 Å². The summed E-state index contributed by atoms with van der Waals surface area (Å²) in [5, 5.41) is 6.47. The fourth-order valence-corrected chi connectivity index (χ4v) is 3.14. The van der Waals surface area contributed by atoms with Crippen molar-refractivity contribution in [2.45, 2.75) is 12.8 Å². The van der Waals surface area contributed by atoms with Crippen LogP contribution in [0.1, 0.15) is 11.1 Å². The van der Waals surface area contributed by atoms with Crippen LogP contribution in [-0.2, 0) is 6.42 Å². The van der Waals surface area contributed by atoms with Crippen molar-refractivity contribution in [1.29, 1.82) is 0 Å². The van der Waals surface area contributed by atoms with Gasteiger partial charge in [0.15, 0.2) is 5.84 Å². The summed E-state index contributed by atoms with van der Waals surface area (Å²) in [5.74, 6) is 0.287. The number of nitrogens with zero attached hydrogens (tertiary/aromatic N) is 3. The Labute approximate surface area is 165 Å². The van der Waals surface area contributed by atoms with Crippen LogP contribution < -0.4 is 4.74 Å². The maximum Gasteiger partial charge on any atom is 0.573 e. The number of allylic oxidation sites excluding steroid dienone is 2. The number of amidine groups is 1. The molecule has 29 heavy (non-hydrogen) atoms. The highest BCUT2D eigenvalue weighted by atomic mass is 19.4. The molecular weight excluding hydrogens is 386 g/mol. The quantitative estimate of drug-likeness (QED) is 0.674. The number of alkyl halides is 3. The molecule has 0 bridgehead atoms. The van der Waals surface area contributed by atoms with E-state index < -0.39 is 6.36 Å². The van der Waals surface area contributed by atoms with Crippen LogP contribution in [0.2, 0.25) is 0 Å². The summed E-state index contributed by atoms with van der Waals surface area (Å²) in [7, 11) is 0. The SMILES string of the molecule is Fc1ccc(CCN2CN3C=C(c4ccc(OC(F)(F)F)cc4)C=CC3=N2)cc1. The maximum atomic E-state index is 13.0. The summed E-state index contributed by atoms with van der Waals surface area (Å²) >= 11 is 0. The Morgan fingerprint density at radius 2 is 1.69 bits per heavy atom. The summed E-state index contributed by atoms with van der Waals surface area (Å²) < 4.78 is 53.7. The highest BCUT2D eigenvalue weighted by Gasteiger charge is 2.31. The topological polar surface area (TPSA) is 28.1 Å². The van der Waals surface area contributed by atoms with Gasteiger partial charge in [0.1, 0.15) is 18.2 Å². The summed E-state index contributed by atoms with van der Waals surface area (Å²) in [6, 6.07) is 12.2. The molecule has 2 aromatic carbocycles. The molecule has 0 atom stereocenters. The third-order valence-electron chi connectivity index (χ3n) is 4.55. The first kappa shape index (κ1) is 19.0. The van der Waals surface area contributed by atoms with Gasteiger partial charge in [-0.1, -0.05) is 24.3 Å². The van der Waals surface area contributed by atoms with E-state index in [1.54, 1.807) is 24.3 Å². The molecule has 0 saturated carbocycles. The molecule has 2 aromatic rings. The van der Waals surface area contributed by atoms with Gasteiger partial charge in [-0.15, -0.1) is 13.2 Å². The average molecular weight is 403 g/mol. The summed E-state index contributed by atoms with van der Waals surface area (Å²) in [4.78, 5) is 1.97. The maximum absolute atomic E-state index is 13.0. The number of hydrogen-bond acceptors (Lipinski definition) is 4. The van der Waals surface area contributed by atoms with Gasteiger partial charge in [-0.05, 0) is 59.5 Å². The second-order valence-corrected chi connectivity index (χ2v) is 6.67. The van der Waals surface area contributed by atoms with E-state index in [1.165, 1.54) is 24.3 Å². The highest BCUT2D eigenvalue weighted by molar-refractivity contribution is 6.00. The van der Waals surface area contributed by atoms with Gasteiger partial charge < -0.3 is 9.64 Å². The Bertz CT molecular complexity index is 963. The van der Waals surface area contributed by atoms with Crippen molar-refractivity contribution in [2.24, 2.45) is 5.10 Å². The normalized spacial score (nSPS) is 15.9. The van der Waals surface area contributed by atoms with E-state index in [-0.39, 0.29) is 11.6 Å². The van der Waals surface area contributed by atoms with Crippen molar-refractivity contribution in [3.63, 3.8) is 0 Å². The van der Waals surface area contributed by atoms with Crippen molar-refractivity contribution < 1.29 is 22.3 Å². The zero-order valence-electron chi connectivity index (χ0n) is 15.2. The lowest BCUT2D eigenvalue weighted by molar-refractivity contribution is -0.274. The molecule has 0 amide bonds. The smallest absolute Gasteiger partial charge is 0.406 e. The second-order valence-electron chi connectivity index (χ2n) is 6.67. The monoisotopic (exact) mass is 403 g/mol. The molecule has 150 valence electrons. The number of rotatable bonds is 5. The van der Waals surface area contributed by atoms with E-state index in [1.807, 2.05) is 28.3 Å². The van der Waals surface area contributed by atoms with Gasteiger partial charge in [0.05, 0.1) is 0 Å². The van der Waals surface area contributed by atoms with Crippen molar-refractivity contribution in [1.82, 2.24) is 9.91 Å². The Hall–Kier alpha value is -3.29. The molecule has 0 N–H and O–H groups in total. The first-order valence-corrected chi connectivity index (χ1v) is 8.96. The van der Waals surface area contributed by atoms with Crippen LogP contribution in [0.15, 0.2) is 72.0 Å². The van der Waals surface area contributed by atoms with E-state index in [9.17, 15) is 17.6 Å². The predicted molar refractivity (Wildman–Crippen MR) is 101 cm³/mol. The Balaban J connectivity index is 1.38. The standard InChI is InChI=1S/C21H17F4N3O/c22-18-6-1-15(2-7-18)11-12-28-14-27-13-17(5-10-20(27)26-28)16-3-8-19(9-4-16)29-21(23,24)25/h1-10,13H,11-12,14H2. The van der Waals surface area contributed by atoms with Crippen LogP contribution in [0, 0.1) is 5.82 Å². The van der Waals surface area contributed by atoms with Gasteiger partial charge >= 0.3 is 6.36 Å². The summed E-state index contributed by atoms with van der Waals surface area (Å²) in [6.07, 6.45) is 1.69. The number of hydrogen-bond donors (Lipinski definition) is 0. The Morgan fingerprint density at radius 3 is 2.38 bits per heavy atom. The Morgan fingerprint density at radius 1 is 0.966 bits per heavy atom. The van der Waals surface area contributed by atoms with Gasteiger partial charge in [0, 0.05) is 12.7 Å². The largest absolute Gasteiger partial charge is 0.573 e. The third kappa shape index (κ3) is 4.77. The van der Waals surface area contributed by atoms with Gasteiger partial charge in [0.2, 0.25) is 0 Å². The summed E-state index contributed by atoms with van der Waals surface area (Å²) in [6.45, 7) is 1.26. The molecule has 0 aliphatic carbocycles. The number of halogens is 4. The van der Waals surface area contributed by atoms with Gasteiger partial charge in [-0.3, -0.25) is 5.01 Å². The molecule has 0 aromatic heterocycles. The number of fused-ring (bicyclic) bond motifs is 1. The van der Waals surface area contributed by atoms with Crippen molar-refractivity contribution in [3.05, 3.63) is 83.8 Å². The zero-order valence-corrected chi connectivity index (χ0v) is 15.2. The van der Waals surface area contributed by atoms with E-state index in [0.29, 0.717) is 13.2 Å². The van der Waals surface area contributed by atoms with Crippen LogP contribution in [-0.4, -0.2) is 35.3 Å². The van der Waals surface area contributed by atoms with E-state index >= 15 is 0 Å². The number of ether oxygens (including phenoxy) is 1. The third-order valence-corrected chi connectivity index (χ3v) is 4.55. The molecule has 0 fully saturated rings. The van der Waals surface area contributed by atoms with Crippen molar-refractivity contribution in [3.8, 4) is 5.75 Å². The first-order valence-electron chi connectivity index (χ1n) is 8.96. The molecule has 2 aliphatic rings. The first-order chi connectivity index (χ1) is 13.9. The molecule has 4 rings (SSSR count). The highest BCUT2D eigenvalue weighted by Crippen LogP contribution is 2.27. The van der Waals surface area contributed by atoms with Crippen LogP contribution in [0.3, 0.4) is 0 Å². The molecule has 2 aliphatic heterocycles. The Kier molecular flexibility index (Phi) is 5.00.